The largest absolute Gasteiger partial charge is 0.298 e. The van der Waals surface area contributed by atoms with Crippen LogP contribution in [0.2, 0.25) is 0 Å². The maximum absolute atomic E-state index is 12.4. The third-order valence-electron chi connectivity index (χ3n) is 3.61. The SMILES string of the molecule is Cc1cc(C)nc(NNC(=O)CCn2cnc3ccccc3c2=O)n1. The van der Waals surface area contributed by atoms with Crippen molar-refractivity contribution in [1.82, 2.24) is 24.9 Å². The van der Waals surface area contributed by atoms with E-state index < -0.39 is 0 Å². The first-order valence-electron chi connectivity index (χ1n) is 7.84. The maximum Gasteiger partial charge on any atom is 0.261 e. The summed E-state index contributed by atoms with van der Waals surface area (Å²) in [6.07, 6.45) is 1.58. The zero-order valence-electron chi connectivity index (χ0n) is 14.0. The van der Waals surface area contributed by atoms with Crippen LogP contribution in [-0.2, 0) is 11.3 Å². The van der Waals surface area contributed by atoms with Crippen LogP contribution in [0.4, 0.5) is 5.95 Å². The predicted octanol–water partition coefficient (Wildman–Crippen LogP) is 1.34. The Labute approximate surface area is 143 Å². The molecule has 0 spiro atoms. The number of aromatic nitrogens is 4. The summed E-state index contributed by atoms with van der Waals surface area (Å²) < 4.78 is 1.43. The van der Waals surface area contributed by atoms with E-state index in [4.69, 9.17) is 0 Å². The Kier molecular flexibility index (Phi) is 4.69. The maximum atomic E-state index is 12.4. The van der Waals surface area contributed by atoms with Crippen LogP contribution in [0.3, 0.4) is 0 Å². The average Bonchev–Trinajstić information content (AvgIpc) is 2.59. The minimum absolute atomic E-state index is 0.123. The van der Waals surface area contributed by atoms with E-state index in [1.807, 2.05) is 26.0 Å². The van der Waals surface area contributed by atoms with Crippen LogP contribution in [0.5, 0.6) is 0 Å². The van der Waals surface area contributed by atoms with Crippen LogP contribution in [0.1, 0.15) is 17.8 Å². The lowest BCUT2D eigenvalue weighted by Crippen LogP contribution is -2.32. The molecule has 3 rings (SSSR count). The number of carbonyl (C=O) groups is 1. The highest BCUT2D eigenvalue weighted by molar-refractivity contribution is 5.78. The van der Waals surface area contributed by atoms with Gasteiger partial charge in [0.2, 0.25) is 11.9 Å². The van der Waals surface area contributed by atoms with E-state index in [9.17, 15) is 9.59 Å². The Morgan fingerprint density at radius 1 is 1.16 bits per heavy atom. The zero-order valence-corrected chi connectivity index (χ0v) is 14.0. The lowest BCUT2D eigenvalue weighted by molar-refractivity contribution is -0.120. The number of hydrazine groups is 1. The van der Waals surface area contributed by atoms with Gasteiger partial charge in [-0.05, 0) is 32.0 Å². The van der Waals surface area contributed by atoms with Crippen molar-refractivity contribution in [2.24, 2.45) is 0 Å². The Balaban J connectivity index is 1.61. The number of nitrogens with one attached hydrogen (secondary N) is 2. The van der Waals surface area contributed by atoms with Gasteiger partial charge in [-0.25, -0.2) is 15.0 Å². The molecule has 2 N–H and O–H groups in total. The third-order valence-corrected chi connectivity index (χ3v) is 3.61. The molecule has 1 amide bonds. The molecular weight excluding hydrogens is 320 g/mol. The summed E-state index contributed by atoms with van der Waals surface area (Å²) in [5, 5.41) is 0.534. The summed E-state index contributed by atoms with van der Waals surface area (Å²) >= 11 is 0. The average molecular weight is 338 g/mol. The first-order valence-corrected chi connectivity index (χ1v) is 7.84. The molecule has 2 heterocycles. The van der Waals surface area contributed by atoms with Gasteiger partial charge in [-0.2, -0.15) is 0 Å². The highest BCUT2D eigenvalue weighted by atomic mass is 16.2. The number of amides is 1. The van der Waals surface area contributed by atoms with E-state index in [1.54, 1.807) is 18.2 Å². The summed E-state index contributed by atoms with van der Waals surface area (Å²) in [7, 11) is 0. The second-order valence-electron chi connectivity index (χ2n) is 5.66. The van der Waals surface area contributed by atoms with Crippen LogP contribution >= 0.6 is 0 Å². The fourth-order valence-electron chi connectivity index (χ4n) is 2.46. The smallest absolute Gasteiger partial charge is 0.261 e. The number of benzene rings is 1. The number of anilines is 1. The van der Waals surface area contributed by atoms with Gasteiger partial charge in [-0.3, -0.25) is 25.0 Å². The minimum Gasteiger partial charge on any atom is -0.298 e. The van der Waals surface area contributed by atoms with Crippen LogP contribution in [-0.4, -0.2) is 25.4 Å². The van der Waals surface area contributed by atoms with E-state index in [-0.39, 0.29) is 24.4 Å². The van der Waals surface area contributed by atoms with E-state index in [2.05, 4.69) is 25.8 Å². The van der Waals surface area contributed by atoms with Crippen molar-refractivity contribution in [2.75, 3.05) is 5.43 Å². The topological polar surface area (TPSA) is 102 Å². The number of aryl methyl sites for hydroxylation is 3. The summed E-state index contributed by atoms with van der Waals surface area (Å²) in [4.78, 5) is 36.9. The van der Waals surface area contributed by atoms with Gasteiger partial charge in [-0.15, -0.1) is 0 Å². The van der Waals surface area contributed by atoms with E-state index in [1.165, 1.54) is 10.9 Å². The molecule has 0 bridgehead atoms. The summed E-state index contributed by atoms with van der Waals surface area (Å²) in [6.45, 7) is 3.93. The summed E-state index contributed by atoms with van der Waals surface area (Å²) in [5.74, 6) is 0.0539. The molecule has 3 aromatic rings. The van der Waals surface area contributed by atoms with Gasteiger partial charge in [0.1, 0.15) is 0 Å². The third kappa shape index (κ3) is 3.97. The monoisotopic (exact) mass is 338 g/mol. The molecule has 0 aliphatic heterocycles. The number of rotatable bonds is 5. The van der Waals surface area contributed by atoms with Gasteiger partial charge < -0.3 is 0 Å². The second kappa shape index (κ2) is 7.08. The second-order valence-corrected chi connectivity index (χ2v) is 5.66. The highest BCUT2D eigenvalue weighted by Crippen LogP contribution is 2.05. The van der Waals surface area contributed by atoms with Crippen molar-refractivity contribution in [3.8, 4) is 0 Å². The molecular formula is C17H18N6O2. The van der Waals surface area contributed by atoms with Crippen LogP contribution in [0.25, 0.3) is 10.9 Å². The molecule has 25 heavy (non-hydrogen) atoms. The molecule has 0 fully saturated rings. The standard InChI is InChI=1S/C17H18N6O2/c1-11-9-12(2)20-17(19-11)22-21-15(24)7-8-23-10-18-14-6-4-3-5-13(14)16(23)25/h3-6,9-10H,7-8H2,1-2H3,(H,21,24)(H,19,20,22). The molecule has 0 unspecified atom stereocenters. The molecule has 1 aromatic carbocycles. The van der Waals surface area contributed by atoms with Crippen molar-refractivity contribution in [3.05, 3.63) is 58.4 Å². The Bertz CT molecular complexity index is 962. The van der Waals surface area contributed by atoms with Crippen LogP contribution in [0.15, 0.2) is 41.5 Å². The molecule has 0 saturated carbocycles. The molecule has 0 aliphatic rings. The number of hydrogen-bond donors (Lipinski definition) is 2. The van der Waals surface area contributed by atoms with Crippen LogP contribution in [0, 0.1) is 13.8 Å². The van der Waals surface area contributed by atoms with Gasteiger partial charge in [0.15, 0.2) is 0 Å². The molecule has 8 heteroatoms. The molecule has 128 valence electrons. The van der Waals surface area contributed by atoms with Crippen molar-refractivity contribution >= 4 is 22.8 Å². The molecule has 2 aromatic heterocycles. The molecule has 0 radical (unpaired) electrons. The number of nitrogens with zero attached hydrogens (tertiary/aromatic N) is 4. The number of hydrogen-bond acceptors (Lipinski definition) is 6. The Morgan fingerprint density at radius 3 is 2.64 bits per heavy atom. The lowest BCUT2D eigenvalue weighted by atomic mass is 10.2. The Hall–Kier alpha value is -3.29. The molecule has 8 nitrogen and oxygen atoms in total. The van der Waals surface area contributed by atoms with Gasteiger partial charge >= 0.3 is 0 Å². The Morgan fingerprint density at radius 2 is 1.88 bits per heavy atom. The fourth-order valence-corrected chi connectivity index (χ4v) is 2.46. The first-order chi connectivity index (χ1) is 12.0. The van der Waals surface area contributed by atoms with Crippen molar-refractivity contribution < 1.29 is 4.79 Å². The van der Waals surface area contributed by atoms with Gasteiger partial charge in [-0.1, -0.05) is 12.1 Å². The highest BCUT2D eigenvalue weighted by Gasteiger charge is 2.07. The zero-order chi connectivity index (χ0) is 17.8. The first kappa shape index (κ1) is 16.6. The number of fused-ring (bicyclic) bond motifs is 1. The van der Waals surface area contributed by atoms with E-state index in [0.717, 1.165) is 11.4 Å². The van der Waals surface area contributed by atoms with Crippen molar-refractivity contribution in [3.63, 3.8) is 0 Å². The van der Waals surface area contributed by atoms with Gasteiger partial charge in [0.05, 0.1) is 17.2 Å². The summed E-state index contributed by atoms with van der Waals surface area (Å²) in [5.41, 5.74) is 7.30. The molecule has 0 saturated heterocycles. The van der Waals surface area contributed by atoms with Gasteiger partial charge in [0.25, 0.3) is 5.56 Å². The molecule has 0 aliphatic carbocycles. The number of para-hydroxylation sites is 1. The van der Waals surface area contributed by atoms with E-state index in [0.29, 0.717) is 16.9 Å². The predicted molar refractivity (Wildman–Crippen MR) is 93.9 cm³/mol. The normalized spacial score (nSPS) is 10.6. The summed E-state index contributed by atoms with van der Waals surface area (Å²) in [6, 6.07) is 8.96. The van der Waals surface area contributed by atoms with Crippen LogP contribution < -0.4 is 16.4 Å². The van der Waals surface area contributed by atoms with Crippen molar-refractivity contribution in [2.45, 2.75) is 26.8 Å². The lowest BCUT2D eigenvalue weighted by Gasteiger charge is -2.09. The number of carbonyl (C=O) groups excluding carboxylic acids is 1. The van der Waals surface area contributed by atoms with Crippen molar-refractivity contribution in [1.29, 1.82) is 0 Å². The molecule has 0 atom stereocenters. The minimum atomic E-state index is -0.275. The van der Waals surface area contributed by atoms with E-state index >= 15 is 0 Å². The quantitative estimate of drug-likeness (QED) is 0.681. The van der Waals surface area contributed by atoms with Gasteiger partial charge in [0, 0.05) is 24.4 Å². The fraction of sp³-hybridized carbons (Fsp3) is 0.235.